The van der Waals surface area contributed by atoms with Crippen LogP contribution in [0.25, 0.3) is 0 Å². The Kier molecular flexibility index (Phi) is 5.35. The highest BCUT2D eigenvalue weighted by atomic mass is 32.1. The van der Waals surface area contributed by atoms with E-state index in [-0.39, 0.29) is 6.61 Å². The molecule has 0 radical (unpaired) electrons. The summed E-state index contributed by atoms with van der Waals surface area (Å²) in [6.45, 7) is 4.58. The fraction of sp³-hybridized carbons (Fsp3) is 0.222. The number of pyridine rings is 1. The Morgan fingerprint density at radius 1 is 1.24 bits per heavy atom. The quantitative estimate of drug-likeness (QED) is 0.539. The van der Waals surface area contributed by atoms with Crippen molar-refractivity contribution < 1.29 is 4.74 Å². The van der Waals surface area contributed by atoms with E-state index >= 15 is 0 Å². The first-order valence-electron chi connectivity index (χ1n) is 7.98. The number of aromatic amines is 1. The van der Waals surface area contributed by atoms with Crippen molar-refractivity contribution in [2.75, 3.05) is 0 Å². The van der Waals surface area contributed by atoms with Gasteiger partial charge in [-0.2, -0.15) is 14.9 Å². The molecule has 1 aromatic carbocycles. The van der Waals surface area contributed by atoms with Gasteiger partial charge in [-0.3, -0.25) is 4.98 Å². The van der Waals surface area contributed by atoms with E-state index in [0.29, 0.717) is 16.5 Å². The molecule has 1 N–H and O–H groups in total. The van der Waals surface area contributed by atoms with E-state index in [1.807, 2.05) is 30.3 Å². The molecule has 3 aromatic rings. The molecule has 2 aromatic heterocycles. The van der Waals surface area contributed by atoms with Crippen molar-refractivity contribution in [1.29, 1.82) is 0 Å². The van der Waals surface area contributed by atoms with Crippen LogP contribution in [0, 0.1) is 4.77 Å². The summed E-state index contributed by atoms with van der Waals surface area (Å²) in [5, 5.41) is 11.2. The molecule has 128 valence electrons. The largest absolute Gasteiger partial charge is 0.486 e. The molecule has 7 heteroatoms. The monoisotopic (exact) mass is 353 g/mol. The molecule has 25 heavy (non-hydrogen) atoms. The van der Waals surface area contributed by atoms with Crippen molar-refractivity contribution in [2.24, 2.45) is 5.10 Å². The van der Waals surface area contributed by atoms with Crippen LogP contribution in [0.2, 0.25) is 0 Å². The number of nitrogens with zero attached hydrogens (tertiary/aromatic N) is 4. The molecule has 0 aliphatic heterocycles. The minimum atomic E-state index is 0.258. The van der Waals surface area contributed by atoms with Gasteiger partial charge in [-0.1, -0.05) is 32.0 Å². The molecule has 0 saturated heterocycles. The van der Waals surface area contributed by atoms with Gasteiger partial charge in [-0.15, -0.1) is 0 Å². The SMILES string of the molecule is CC(C)c1ccc(OCc2n[nH]c(=S)n2/N=C\c2ccccn2)cc1. The lowest BCUT2D eigenvalue weighted by molar-refractivity contribution is 0.290. The Bertz CT molecular complexity index is 897. The maximum Gasteiger partial charge on any atom is 0.216 e. The van der Waals surface area contributed by atoms with Crippen molar-refractivity contribution in [1.82, 2.24) is 19.9 Å². The molecule has 0 fully saturated rings. The normalized spacial score (nSPS) is 11.3. The number of nitrogens with one attached hydrogen (secondary N) is 1. The van der Waals surface area contributed by atoms with Gasteiger partial charge >= 0.3 is 0 Å². The highest BCUT2D eigenvalue weighted by Crippen LogP contribution is 2.19. The Morgan fingerprint density at radius 2 is 2.04 bits per heavy atom. The van der Waals surface area contributed by atoms with Crippen molar-refractivity contribution >= 4 is 18.4 Å². The second-order valence-electron chi connectivity index (χ2n) is 5.77. The van der Waals surface area contributed by atoms with Crippen LogP contribution in [0.1, 0.15) is 36.8 Å². The Morgan fingerprint density at radius 3 is 2.72 bits per heavy atom. The highest BCUT2D eigenvalue weighted by molar-refractivity contribution is 7.71. The second kappa shape index (κ2) is 7.85. The van der Waals surface area contributed by atoms with Gasteiger partial charge in [-0.05, 0) is 48.0 Å². The number of rotatable bonds is 6. The standard InChI is InChI=1S/C18H19N5OS/c1-13(2)14-6-8-16(9-7-14)24-12-17-21-22-18(25)23(17)20-11-15-5-3-4-10-19-15/h3-11,13H,12H2,1-2H3,(H,22,25)/b20-11-. The van der Waals surface area contributed by atoms with Crippen LogP contribution in [0.5, 0.6) is 5.75 Å². The van der Waals surface area contributed by atoms with Gasteiger partial charge in [0.2, 0.25) is 4.77 Å². The summed E-state index contributed by atoms with van der Waals surface area (Å²) in [7, 11) is 0. The van der Waals surface area contributed by atoms with Gasteiger partial charge in [-0.25, -0.2) is 5.10 Å². The topological polar surface area (TPSA) is 68.1 Å². The summed E-state index contributed by atoms with van der Waals surface area (Å²) >= 11 is 5.22. The van der Waals surface area contributed by atoms with Gasteiger partial charge in [0.15, 0.2) is 5.82 Å². The summed E-state index contributed by atoms with van der Waals surface area (Å²) in [5.41, 5.74) is 2.01. The third-order valence-electron chi connectivity index (χ3n) is 3.63. The van der Waals surface area contributed by atoms with E-state index in [1.54, 1.807) is 12.4 Å². The van der Waals surface area contributed by atoms with E-state index in [9.17, 15) is 0 Å². The lowest BCUT2D eigenvalue weighted by Crippen LogP contribution is -2.04. The Labute approximate surface area is 151 Å². The number of hydrogen-bond donors (Lipinski definition) is 1. The third kappa shape index (κ3) is 4.39. The zero-order chi connectivity index (χ0) is 17.6. The van der Waals surface area contributed by atoms with Crippen LogP contribution >= 0.6 is 12.2 Å². The Balaban J connectivity index is 1.71. The van der Waals surface area contributed by atoms with E-state index < -0.39 is 0 Å². The molecule has 0 amide bonds. The number of benzene rings is 1. The van der Waals surface area contributed by atoms with Crippen LogP contribution in [0.15, 0.2) is 53.8 Å². The smallest absolute Gasteiger partial charge is 0.216 e. The molecule has 0 aliphatic carbocycles. The molecule has 2 heterocycles. The highest BCUT2D eigenvalue weighted by Gasteiger charge is 2.07. The van der Waals surface area contributed by atoms with E-state index in [2.05, 4.69) is 46.3 Å². The van der Waals surface area contributed by atoms with E-state index in [4.69, 9.17) is 17.0 Å². The molecule has 0 unspecified atom stereocenters. The van der Waals surface area contributed by atoms with Crippen LogP contribution in [0.4, 0.5) is 0 Å². The Hall–Kier alpha value is -2.80. The zero-order valence-corrected chi connectivity index (χ0v) is 14.9. The van der Waals surface area contributed by atoms with Crippen LogP contribution < -0.4 is 4.74 Å². The summed E-state index contributed by atoms with van der Waals surface area (Å²) in [5.74, 6) is 1.86. The number of hydrogen-bond acceptors (Lipinski definition) is 5. The van der Waals surface area contributed by atoms with Crippen LogP contribution in [-0.2, 0) is 6.61 Å². The lowest BCUT2D eigenvalue weighted by atomic mass is 10.0. The number of H-pyrrole nitrogens is 1. The van der Waals surface area contributed by atoms with Crippen LogP contribution in [-0.4, -0.2) is 26.1 Å². The molecule has 0 saturated carbocycles. The molecule has 0 bridgehead atoms. The van der Waals surface area contributed by atoms with Crippen molar-refractivity contribution in [3.05, 3.63) is 70.5 Å². The maximum absolute atomic E-state index is 5.79. The van der Waals surface area contributed by atoms with Gasteiger partial charge in [0, 0.05) is 6.20 Å². The predicted octanol–water partition coefficient (Wildman–Crippen LogP) is 3.92. The van der Waals surface area contributed by atoms with Gasteiger partial charge < -0.3 is 4.74 Å². The minimum absolute atomic E-state index is 0.258. The third-order valence-corrected chi connectivity index (χ3v) is 3.89. The predicted molar refractivity (Wildman–Crippen MR) is 99.5 cm³/mol. The van der Waals surface area contributed by atoms with Crippen LogP contribution in [0.3, 0.4) is 0 Å². The summed E-state index contributed by atoms with van der Waals surface area (Å²) in [4.78, 5) is 4.19. The first kappa shape index (κ1) is 17.0. The minimum Gasteiger partial charge on any atom is -0.486 e. The summed E-state index contributed by atoms with van der Waals surface area (Å²) < 4.78 is 7.73. The summed E-state index contributed by atoms with van der Waals surface area (Å²) in [6, 6.07) is 13.7. The molecule has 6 nitrogen and oxygen atoms in total. The molecular formula is C18H19N5OS. The van der Waals surface area contributed by atoms with E-state index in [0.717, 1.165) is 11.4 Å². The van der Waals surface area contributed by atoms with Gasteiger partial charge in [0.1, 0.15) is 12.4 Å². The fourth-order valence-corrected chi connectivity index (χ4v) is 2.40. The fourth-order valence-electron chi connectivity index (χ4n) is 2.20. The molecule has 0 spiro atoms. The maximum atomic E-state index is 5.79. The zero-order valence-electron chi connectivity index (χ0n) is 14.1. The van der Waals surface area contributed by atoms with Crippen molar-refractivity contribution in [3.8, 4) is 5.75 Å². The first-order valence-corrected chi connectivity index (χ1v) is 8.39. The molecular weight excluding hydrogens is 334 g/mol. The van der Waals surface area contributed by atoms with Crippen molar-refractivity contribution in [3.63, 3.8) is 0 Å². The number of ether oxygens (including phenoxy) is 1. The first-order chi connectivity index (χ1) is 12.1. The summed E-state index contributed by atoms with van der Waals surface area (Å²) in [6.07, 6.45) is 3.34. The average Bonchev–Trinajstić information content (AvgIpc) is 2.99. The van der Waals surface area contributed by atoms with Gasteiger partial charge in [0.25, 0.3) is 0 Å². The van der Waals surface area contributed by atoms with Crippen molar-refractivity contribution in [2.45, 2.75) is 26.4 Å². The van der Waals surface area contributed by atoms with Gasteiger partial charge in [0.05, 0.1) is 11.9 Å². The molecule has 0 aliphatic rings. The lowest BCUT2D eigenvalue weighted by Gasteiger charge is -2.08. The molecule has 3 rings (SSSR count). The second-order valence-corrected chi connectivity index (χ2v) is 6.16. The number of aromatic nitrogens is 4. The molecule has 0 atom stereocenters. The average molecular weight is 353 g/mol. The van der Waals surface area contributed by atoms with E-state index in [1.165, 1.54) is 10.2 Å².